The van der Waals surface area contributed by atoms with Crippen molar-refractivity contribution in [2.75, 3.05) is 6.54 Å². The van der Waals surface area contributed by atoms with Gasteiger partial charge in [-0.05, 0) is 75.4 Å². The smallest absolute Gasteiger partial charge is 0.229 e. The molecule has 0 spiro atoms. The lowest BCUT2D eigenvalue weighted by Crippen LogP contribution is -2.32. The Hall–Kier alpha value is -3.47. The van der Waals surface area contributed by atoms with Crippen LogP contribution >= 0.6 is 0 Å². The van der Waals surface area contributed by atoms with Crippen molar-refractivity contribution in [2.24, 2.45) is 0 Å². The molecular weight excluding hydrogens is 408 g/mol. The molecule has 3 aromatic heterocycles. The number of hydrogen-bond donors (Lipinski definition) is 0. The topological polar surface area (TPSA) is 50.5 Å². The molecule has 0 saturated carbocycles. The molecule has 4 heterocycles. The third-order valence-corrected chi connectivity index (χ3v) is 6.59. The Morgan fingerprint density at radius 2 is 1.88 bits per heavy atom. The third kappa shape index (κ3) is 4.40. The van der Waals surface area contributed by atoms with Gasteiger partial charge in [0.1, 0.15) is 5.65 Å². The number of carbonyl (C=O) groups is 1. The van der Waals surface area contributed by atoms with E-state index in [0.29, 0.717) is 6.42 Å². The summed E-state index contributed by atoms with van der Waals surface area (Å²) in [5.74, 6) is 0.148. The number of fused-ring (bicyclic) bond motifs is 1. The van der Waals surface area contributed by atoms with Crippen LogP contribution in [-0.2, 0) is 17.6 Å². The Morgan fingerprint density at radius 3 is 2.73 bits per heavy atom. The molecule has 1 atom stereocenters. The highest BCUT2D eigenvalue weighted by molar-refractivity contribution is 5.79. The van der Waals surface area contributed by atoms with Gasteiger partial charge in [-0.15, -0.1) is 0 Å². The maximum Gasteiger partial charge on any atom is 0.229 e. The second kappa shape index (κ2) is 8.81. The standard InChI is InChI=1S/C28H30N4O/c1-19-8-6-9-22(14-19)16-23-15-20(2)29-24(17-23)25-10-7-13-32(25)28(33)18-26-21(3)30-27-11-4-5-12-31(26)27/h4-6,8-9,11-12,14-15,17,25H,7,10,13,16,18H2,1-3H3/t25-/m0/s1. The SMILES string of the molecule is Cc1cccc(Cc2cc(C)nc([C@@H]3CCCN3C(=O)Cc3c(C)nc4ccccn34)c2)c1. The van der Waals surface area contributed by atoms with Crippen molar-refractivity contribution in [1.29, 1.82) is 0 Å². The number of nitrogens with zero attached hydrogens (tertiary/aromatic N) is 4. The molecule has 1 saturated heterocycles. The predicted molar refractivity (Wildman–Crippen MR) is 130 cm³/mol. The Morgan fingerprint density at radius 1 is 1.00 bits per heavy atom. The van der Waals surface area contributed by atoms with Crippen LogP contribution in [0.5, 0.6) is 0 Å². The molecule has 5 heteroatoms. The fourth-order valence-electron chi connectivity index (χ4n) is 5.09. The van der Waals surface area contributed by atoms with E-state index >= 15 is 0 Å². The highest BCUT2D eigenvalue weighted by Gasteiger charge is 2.32. The molecule has 0 radical (unpaired) electrons. The summed E-state index contributed by atoms with van der Waals surface area (Å²) in [5.41, 5.74) is 8.61. The zero-order valence-corrected chi connectivity index (χ0v) is 19.6. The van der Waals surface area contributed by atoms with Gasteiger partial charge in [0.05, 0.1) is 29.5 Å². The number of benzene rings is 1. The third-order valence-electron chi connectivity index (χ3n) is 6.59. The van der Waals surface area contributed by atoms with E-state index in [0.717, 1.165) is 54.2 Å². The minimum absolute atomic E-state index is 0.0353. The van der Waals surface area contributed by atoms with E-state index in [4.69, 9.17) is 4.98 Å². The Bertz CT molecular complexity index is 1320. The van der Waals surface area contributed by atoms with Gasteiger partial charge in [0.2, 0.25) is 5.91 Å². The van der Waals surface area contributed by atoms with Crippen LogP contribution in [0.25, 0.3) is 5.65 Å². The molecule has 0 N–H and O–H groups in total. The van der Waals surface area contributed by atoms with Crippen molar-refractivity contribution in [1.82, 2.24) is 19.3 Å². The first-order chi connectivity index (χ1) is 16.0. The summed E-state index contributed by atoms with van der Waals surface area (Å²) in [6.45, 7) is 6.94. The predicted octanol–water partition coefficient (Wildman–Crippen LogP) is 5.15. The summed E-state index contributed by atoms with van der Waals surface area (Å²) in [6, 6.07) is 19.0. The van der Waals surface area contributed by atoms with E-state index in [1.54, 1.807) is 0 Å². The Balaban J connectivity index is 1.39. The Kier molecular flexibility index (Phi) is 5.71. The van der Waals surface area contributed by atoms with Gasteiger partial charge in [-0.25, -0.2) is 4.98 Å². The molecule has 1 aliphatic rings. The van der Waals surface area contributed by atoms with Crippen molar-refractivity contribution in [3.8, 4) is 0 Å². The van der Waals surface area contributed by atoms with E-state index in [1.165, 1.54) is 16.7 Å². The lowest BCUT2D eigenvalue weighted by molar-refractivity contribution is -0.131. The number of hydrogen-bond acceptors (Lipinski definition) is 3. The lowest BCUT2D eigenvalue weighted by Gasteiger charge is -2.25. The molecule has 33 heavy (non-hydrogen) atoms. The number of carbonyl (C=O) groups excluding carboxylic acids is 1. The zero-order chi connectivity index (χ0) is 22.9. The first-order valence-electron chi connectivity index (χ1n) is 11.7. The molecule has 4 aromatic rings. The second-order valence-electron chi connectivity index (χ2n) is 9.20. The van der Waals surface area contributed by atoms with Crippen molar-refractivity contribution < 1.29 is 4.79 Å². The van der Waals surface area contributed by atoms with Crippen LogP contribution in [0, 0.1) is 20.8 Å². The summed E-state index contributed by atoms with van der Waals surface area (Å²) < 4.78 is 2.03. The first kappa shape index (κ1) is 21.4. The van der Waals surface area contributed by atoms with Gasteiger partial charge in [0.25, 0.3) is 0 Å². The van der Waals surface area contributed by atoms with Gasteiger partial charge < -0.3 is 9.30 Å². The van der Waals surface area contributed by atoms with Gasteiger partial charge in [0.15, 0.2) is 0 Å². The maximum absolute atomic E-state index is 13.4. The van der Waals surface area contributed by atoms with Crippen LogP contribution in [-0.4, -0.2) is 31.7 Å². The van der Waals surface area contributed by atoms with Crippen molar-refractivity contribution >= 4 is 11.6 Å². The molecule has 0 bridgehead atoms. The van der Waals surface area contributed by atoms with Gasteiger partial charge in [0, 0.05) is 18.4 Å². The van der Waals surface area contributed by atoms with E-state index in [9.17, 15) is 4.79 Å². The van der Waals surface area contributed by atoms with E-state index in [1.807, 2.05) is 47.5 Å². The van der Waals surface area contributed by atoms with E-state index < -0.39 is 0 Å². The van der Waals surface area contributed by atoms with Crippen LogP contribution < -0.4 is 0 Å². The lowest BCUT2D eigenvalue weighted by atomic mass is 10.0. The van der Waals surface area contributed by atoms with Crippen molar-refractivity contribution in [3.63, 3.8) is 0 Å². The Labute approximate surface area is 195 Å². The molecule has 168 valence electrons. The van der Waals surface area contributed by atoms with Crippen LogP contribution in [0.1, 0.15) is 58.3 Å². The summed E-state index contributed by atoms with van der Waals surface area (Å²) in [7, 11) is 0. The minimum atomic E-state index is 0.0353. The number of likely N-dealkylation sites (tertiary alicyclic amines) is 1. The van der Waals surface area contributed by atoms with Crippen LogP contribution in [0.3, 0.4) is 0 Å². The largest absolute Gasteiger partial charge is 0.334 e. The molecule has 5 rings (SSSR count). The minimum Gasteiger partial charge on any atom is -0.334 e. The zero-order valence-electron chi connectivity index (χ0n) is 19.6. The number of imidazole rings is 1. The van der Waals surface area contributed by atoms with Gasteiger partial charge in [-0.3, -0.25) is 9.78 Å². The summed E-state index contributed by atoms with van der Waals surface area (Å²) >= 11 is 0. The molecule has 5 nitrogen and oxygen atoms in total. The number of pyridine rings is 2. The van der Waals surface area contributed by atoms with Crippen LogP contribution in [0.2, 0.25) is 0 Å². The van der Waals surface area contributed by atoms with E-state index in [-0.39, 0.29) is 11.9 Å². The average molecular weight is 439 g/mol. The fraction of sp³-hybridized carbons (Fsp3) is 0.321. The molecule has 1 fully saturated rings. The molecule has 0 unspecified atom stereocenters. The molecule has 1 aliphatic heterocycles. The molecule has 0 aliphatic carbocycles. The monoisotopic (exact) mass is 438 g/mol. The number of rotatable bonds is 5. The van der Waals surface area contributed by atoms with Gasteiger partial charge in [-0.1, -0.05) is 35.9 Å². The fourth-order valence-corrected chi connectivity index (χ4v) is 5.09. The molecular formula is C28H30N4O. The van der Waals surface area contributed by atoms with Crippen molar-refractivity contribution in [2.45, 2.75) is 52.5 Å². The summed E-state index contributed by atoms with van der Waals surface area (Å²) in [5, 5.41) is 0. The quantitative estimate of drug-likeness (QED) is 0.433. The van der Waals surface area contributed by atoms with Gasteiger partial charge >= 0.3 is 0 Å². The maximum atomic E-state index is 13.4. The summed E-state index contributed by atoms with van der Waals surface area (Å²) in [6.07, 6.45) is 5.18. The van der Waals surface area contributed by atoms with Crippen molar-refractivity contribution in [3.05, 3.63) is 100 Å². The molecule has 1 aromatic carbocycles. The van der Waals surface area contributed by atoms with Crippen LogP contribution in [0.4, 0.5) is 0 Å². The number of amides is 1. The average Bonchev–Trinajstić information content (AvgIpc) is 3.38. The highest BCUT2D eigenvalue weighted by atomic mass is 16.2. The number of aryl methyl sites for hydroxylation is 3. The van der Waals surface area contributed by atoms with E-state index in [2.05, 4.69) is 48.3 Å². The molecule has 1 amide bonds. The normalized spacial score (nSPS) is 16.0. The van der Waals surface area contributed by atoms with Gasteiger partial charge in [-0.2, -0.15) is 0 Å². The van der Waals surface area contributed by atoms with Crippen LogP contribution in [0.15, 0.2) is 60.8 Å². The number of aromatic nitrogens is 3. The summed E-state index contributed by atoms with van der Waals surface area (Å²) in [4.78, 5) is 25.0. The highest BCUT2D eigenvalue weighted by Crippen LogP contribution is 2.32. The second-order valence-corrected chi connectivity index (χ2v) is 9.20. The first-order valence-corrected chi connectivity index (χ1v) is 11.7.